The molecule has 1 unspecified atom stereocenters. The minimum Gasteiger partial charge on any atom is -0.382 e. The number of Topliss-reactive ketones (excluding diaryl/α,β-unsaturated/α-hetero) is 1. The normalized spacial score (nSPS) is 19.8. The second kappa shape index (κ2) is 26.5. The molecule has 5 aliphatic rings. The number of nitrogen functional groups attached to an aromatic ring is 1. The minimum atomic E-state index is -0.824. The van der Waals surface area contributed by atoms with Crippen molar-refractivity contribution < 1.29 is 47.0 Å². The van der Waals surface area contributed by atoms with Gasteiger partial charge in [0.25, 0.3) is 5.91 Å². The summed E-state index contributed by atoms with van der Waals surface area (Å²) >= 11 is 1.45. The monoisotopic (exact) mass is 1130 g/mol. The summed E-state index contributed by atoms with van der Waals surface area (Å²) in [5, 5.41) is 24.8. The van der Waals surface area contributed by atoms with Crippen LogP contribution in [-0.2, 0) is 41.7 Å². The number of rotatable bonds is 20. The van der Waals surface area contributed by atoms with Crippen molar-refractivity contribution in [3.63, 3.8) is 0 Å². The van der Waals surface area contributed by atoms with E-state index in [2.05, 4.69) is 27.0 Å². The fraction of sp³-hybridized carbons (Fsp3) is 0.509. The summed E-state index contributed by atoms with van der Waals surface area (Å²) in [6, 6.07) is 11.1. The summed E-state index contributed by atoms with van der Waals surface area (Å²) in [6.45, 7) is 4.62. The maximum absolute atomic E-state index is 14.7. The van der Waals surface area contributed by atoms with E-state index in [1.54, 1.807) is 37.0 Å². The molecule has 21 nitrogen and oxygen atoms in total. The average Bonchev–Trinajstić information content (AvgIpc) is 4.36. The van der Waals surface area contributed by atoms with Crippen molar-refractivity contribution in [2.24, 2.45) is 10.9 Å². The first-order chi connectivity index (χ1) is 39.1. The second-order valence-corrected chi connectivity index (χ2v) is 22.1. The molecule has 3 saturated heterocycles. The number of amides is 5. The number of likely N-dealkylation sites (N-methyl/N-ethyl adjacent to an activating group) is 1. The highest BCUT2D eigenvalue weighted by Gasteiger charge is 2.43. The maximum atomic E-state index is 14.7. The number of aliphatic imine (C=N–C) groups is 1. The number of nitriles is 1. The summed E-state index contributed by atoms with van der Waals surface area (Å²) in [4.78, 5) is 97.5. The van der Waals surface area contributed by atoms with Gasteiger partial charge in [0.15, 0.2) is 5.78 Å². The fourth-order valence-corrected chi connectivity index (χ4v) is 12.6. The number of ketones is 1. The number of pyridine rings is 1. The van der Waals surface area contributed by atoms with Gasteiger partial charge < -0.3 is 50.8 Å². The number of piperidine rings is 1. The Balaban J connectivity index is 0.706. The molecule has 2 bridgehead atoms. The highest BCUT2D eigenvalue weighted by Crippen LogP contribution is 2.43. The van der Waals surface area contributed by atoms with E-state index in [9.17, 15) is 42.8 Å². The van der Waals surface area contributed by atoms with Crippen LogP contribution in [0.25, 0.3) is 11.1 Å². The van der Waals surface area contributed by atoms with Crippen LogP contribution in [0.3, 0.4) is 0 Å². The number of carbonyl (C=O) groups excluding carboxylic acids is 6. The van der Waals surface area contributed by atoms with E-state index in [-0.39, 0.29) is 124 Å². The Morgan fingerprint density at radius 1 is 0.914 bits per heavy atom. The molecule has 0 aliphatic carbocycles. The quantitative estimate of drug-likeness (QED) is 0.0712. The van der Waals surface area contributed by atoms with Gasteiger partial charge in [-0.15, -0.1) is 11.8 Å². The van der Waals surface area contributed by atoms with Crippen LogP contribution >= 0.6 is 11.8 Å². The summed E-state index contributed by atoms with van der Waals surface area (Å²) in [5.41, 5.74) is 10.1. The summed E-state index contributed by atoms with van der Waals surface area (Å²) < 4.78 is 41.1. The van der Waals surface area contributed by atoms with Crippen LogP contribution in [0.15, 0.2) is 59.7 Å². The Morgan fingerprint density at radius 2 is 1.63 bits per heavy atom. The maximum Gasteiger partial charge on any atom is 0.254 e. The van der Waals surface area contributed by atoms with Crippen LogP contribution in [0, 0.1) is 28.9 Å². The minimum absolute atomic E-state index is 0.0321. The predicted molar refractivity (Wildman–Crippen MR) is 299 cm³/mol. The van der Waals surface area contributed by atoms with E-state index in [4.69, 9.17) is 25.3 Å². The van der Waals surface area contributed by atoms with Crippen molar-refractivity contribution in [3.05, 3.63) is 94.4 Å². The number of nitrogens with two attached hydrogens (primary N) is 1. The van der Waals surface area contributed by atoms with Gasteiger partial charge in [0.2, 0.25) is 23.6 Å². The number of anilines is 2. The van der Waals surface area contributed by atoms with E-state index in [1.807, 2.05) is 11.0 Å². The SMILES string of the molecule is CN[C@H](C)C(=O)N[C@@H](C(=O)N1CCC[C@@H]1C1=NC(C(=O)c2ccc(F)cc2)CS1)C1CCN(C(=O)CCOCCOCCC(=O)NCCn2nc3c(c2C#N)-c2cnc(N)c(c2)N2CCC[C@@H]2c2cc(F)ccc2C(=O)N(C)C3)CC1. The summed E-state index contributed by atoms with van der Waals surface area (Å²) in [5.74, 6) is -1.83. The third kappa shape index (κ3) is 13.4. The molecule has 24 heteroatoms. The first-order valence-electron chi connectivity index (χ1n) is 27.7. The van der Waals surface area contributed by atoms with Crippen molar-refractivity contribution in [2.75, 3.05) is 89.6 Å². The van der Waals surface area contributed by atoms with Crippen molar-refractivity contribution in [3.8, 4) is 17.2 Å². The molecule has 9 rings (SSSR count). The highest BCUT2D eigenvalue weighted by molar-refractivity contribution is 8.14. The average molecular weight is 1130 g/mol. The molecule has 5 N–H and O–H groups in total. The molecule has 5 atom stereocenters. The molecule has 0 saturated carbocycles. The zero-order chi connectivity index (χ0) is 57.3. The first-order valence-corrected chi connectivity index (χ1v) is 28.7. The molecule has 3 fully saturated rings. The molecule has 5 amide bonds. The van der Waals surface area contributed by atoms with Crippen molar-refractivity contribution >= 4 is 63.6 Å². The number of carbonyl (C=O) groups is 6. The number of benzene rings is 2. The van der Waals surface area contributed by atoms with Gasteiger partial charge in [-0.3, -0.25) is 38.4 Å². The van der Waals surface area contributed by atoms with Crippen LogP contribution in [0.2, 0.25) is 0 Å². The zero-order valence-electron chi connectivity index (χ0n) is 45.8. The lowest BCUT2D eigenvalue weighted by Crippen LogP contribution is -2.58. The Bertz CT molecular complexity index is 3070. The second-order valence-electron chi connectivity index (χ2n) is 21.0. The molecule has 0 spiro atoms. The molecule has 7 heterocycles. The number of hydrogen-bond donors (Lipinski definition) is 4. The van der Waals surface area contributed by atoms with Gasteiger partial charge in [0, 0.05) is 80.4 Å². The van der Waals surface area contributed by atoms with Crippen LogP contribution in [0.4, 0.5) is 20.3 Å². The number of ether oxygens (including phenoxy) is 2. The number of nitrogens with zero attached hydrogens (tertiary/aromatic N) is 9. The lowest BCUT2D eigenvalue weighted by atomic mass is 9.88. The Labute approximate surface area is 473 Å². The number of hydrogen-bond acceptors (Lipinski definition) is 16. The van der Waals surface area contributed by atoms with Gasteiger partial charge in [-0.05, 0) is 113 Å². The van der Waals surface area contributed by atoms with Crippen LogP contribution in [0.5, 0.6) is 0 Å². The zero-order valence-corrected chi connectivity index (χ0v) is 46.7. The number of thioether (sulfide) groups is 1. The van der Waals surface area contributed by atoms with Crippen LogP contribution in [-0.4, -0.2) is 173 Å². The number of likely N-dealkylation sites (tertiary alicyclic amines) is 2. The third-order valence-corrected chi connectivity index (χ3v) is 17.0. The molecule has 0 radical (unpaired) electrons. The van der Waals surface area contributed by atoms with E-state index in [0.717, 1.165) is 12.8 Å². The van der Waals surface area contributed by atoms with Crippen molar-refractivity contribution in [1.29, 1.82) is 5.26 Å². The Hall–Kier alpha value is -7.33. The molecular weight excluding hydrogens is 1060 g/mol. The van der Waals surface area contributed by atoms with Crippen LogP contribution in [0.1, 0.15) is 102 Å². The summed E-state index contributed by atoms with van der Waals surface area (Å²) in [6.07, 6.45) is 5.65. The molecule has 5 aliphatic heterocycles. The van der Waals surface area contributed by atoms with E-state index < -0.39 is 29.8 Å². The first kappa shape index (κ1) is 58.3. The van der Waals surface area contributed by atoms with E-state index in [0.29, 0.717) is 102 Å². The van der Waals surface area contributed by atoms with Crippen LogP contribution < -0.4 is 26.6 Å². The van der Waals surface area contributed by atoms with Gasteiger partial charge in [0.05, 0.1) is 80.5 Å². The molecule has 81 heavy (non-hydrogen) atoms. The fourth-order valence-electron chi connectivity index (χ4n) is 11.4. The molecule has 2 aromatic carbocycles. The lowest BCUT2D eigenvalue weighted by molar-refractivity contribution is -0.140. The number of aromatic nitrogens is 3. The molecule has 2 aromatic heterocycles. The lowest BCUT2D eigenvalue weighted by Gasteiger charge is -2.38. The Morgan fingerprint density at radius 3 is 2.37 bits per heavy atom. The predicted octanol–water partition coefficient (Wildman–Crippen LogP) is 4.25. The standard InChI is InChI=1S/C57H69F2N13O8S/c1-34(62-2)54(76)66-51(57(78)71-20-5-7-45(71)55-65-43(33-81-55)52(75)36-8-10-38(58)11-9-36)35-14-21-69(22-15-35)49(74)17-25-80-27-26-79-24-16-48(73)63-18-23-72-47(30-60)50-37-28-46(53(61)64-31-37)70-19-4-6-44(70)41-29-39(59)12-13-40(41)56(77)68(3)32-42(50)67-72/h8-13,28-29,31,34-35,43-45,51,62H,4-7,14-27,32-33H2,1-3H3,(H2,61,64)(H,63,73)(H,66,76)/t34-,43?,44-,45-,51-/m1/s1. The van der Waals surface area contributed by atoms with Gasteiger partial charge in [-0.1, -0.05) is 0 Å². The largest absolute Gasteiger partial charge is 0.382 e. The van der Waals surface area contributed by atoms with Crippen molar-refractivity contribution in [2.45, 2.75) is 102 Å². The molecule has 430 valence electrons. The van der Waals surface area contributed by atoms with Gasteiger partial charge >= 0.3 is 0 Å². The number of nitrogens with one attached hydrogen (secondary N) is 3. The Kier molecular flexibility index (Phi) is 19.1. The third-order valence-electron chi connectivity index (χ3n) is 15.8. The van der Waals surface area contributed by atoms with E-state index >= 15 is 0 Å². The molecular formula is C57H69F2N13O8S. The smallest absolute Gasteiger partial charge is 0.254 e. The van der Waals surface area contributed by atoms with E-state index in [1.165, 1.54) is 63.8 Å². The highest BCUT2D eigenvalue weighted by atomic mass is 32.2. The molecule has 4 aromatic rings. The topological polar surface area (TPSA) is 263 Å². The number of halogens is 2. The number of fused-ring (bicyclic) bond motifs is 8. The van der Waals surface area contributed by atoms with Crippen molar-refractivity contribution in [1.82, 2.24) is 45.4 Å². The van der Waals surface area contributed by atoms with Gasteiger partial charge in [0.1, 0.15) is 41.3 Å². The van der Waals surface area contributed by atoms with Gasteiger partial charge in [-0.2, -0.15) is 10.4 Å². The van der Waals surface area contributed by atoms with Gasteiger partial charge in [-0.25, -0.2) is 13.8 Å². The summed E-state index contributed by atoms with van der Waals surface area (Å²) in [7, 11) is 3.31.